The van der Waals surface area contributed by atoms with Gasteiger partial charge in [0.2, 0.25) is 0 Å². The van der Waals surface area contributed by atoms with Gasteiger partial charge in [0.1, 0.15) is 5.82 Å². The van der Waals surface area contributed by atoms with E-state index in [0.717, 1.165) is 63.6 Å². The molecule has 0 radical (unpaired) electrons. The number of primary amides is 1. The maximum atomic E-state index is 11.9. The Balaban J connectivity index is 1.47. The fourth-order valence-corrected chi connectivity index (χ4v) is 4.31. The van der Waals surface area contributed by atoms with Crippen LogP contribution >= 0.6 is 0 Å². The molecule has 1 amide bonds. The Morgan fingerprint density at radius 3 is 2.26 bits per heavy atom. The van der Waals surface area contributed by atoms with E-state index in [1.807, 2.05) is 12.1 Å². The van der Waals surface area contributed by atoms with Gasteiger partial charge in [-0.15, -0.1) is 0 Å². The number of anilines is 4. The molecule has 4 rings (SSSR count). The molecule has 8 heteroatoms. The van der Waals surface area contributed by atoms with Crippen LogP contribution in [0.3, 0.4) is 0 Å². The fraction of sp³-hybridized carbons (Fsp3) is 0.522. The molecule has 2 saturated heterocycles. The molecule has 0 spiro atoms. The van der Waals surface area contributed by atoms with Gasteiger partial charge in [0.25, 0.3) is 5.91 Å². The van der Waals surface area contributed by atoms with Crippen molar-refractivity contribution in [1.29, 1.82) is 0 Å². The molecule has 1 aromatic heterocycles. The fourth-order valence-electron chi connectivity index (χ4n) is 4.31. The first kappa shape index (κ1) is 21.4. The molecule has 0 unspecified atom stereocenters. The summed E-state index contributed by atoms with van der Waals surface area (Å²) < 4.78 is 0. The summed E-state index contributed by atoms with van der Waals surface area (Å²) in [4.78, 5) is 28.0. The maximum absolute atomic E-state index is 11.9. The maximum Gasteiger partial charge on any atom is 0.271 e. The first-order chi connectivity index (χ1) is 15.0. The number of carbonyl (C=O) groups is 1. The van der Waals surface area contributed by atoms with Crippen LogP contribution in [0, 0.1) is 0 Å². The first-order valence-electron chi connectivity index (χ1n) is 11.3. The number of nitrogens with two attached hydrogens (primary N) is 1. The van der Waals surface area contributed by atoms with Crippen molar-refractivity contribution in [3.63, 3.8) is 0 Å². The highest BCUT2D eigenvalue weighted by molar-refractivity contribution is 5.96. The number of piperazine rings is 1. The monoisotopic (exact) mass is 423 g/mol. The topological polar surface area (TPSA) is 90.6 Å². The minimum absolute atomic E-state index is 0.162. The van der Waals surface area contributed by atoms with Gasteiger partial charge in [0, 0.05) is 56.7 Å². The Morgan fingerprint density at radius 1 is 0.968 bits per heavy atom. The minimum Gasteiger partial charge on any atom is -0.369 e. The summed E-state index contributed by atoms with van der Waals surface area (Å²) in [5.74, 6) is 0.612. The SMILES string of the molecule is CC(C)N1CCN(c2ccc(Nc3nc(N4CCCCC4)cnc3C(N)=O)cc2)CC1. The second-order valence-electron chi connectivity index (χ2n) is 8.63. The van der Waals surface area contributed by atoms with Gasteiger partial charge in [-0.05, 0) is 57.4 Å². The molecule has 31 heavy (non-hydrogen) atoms. The van der Waals surface area contributed by atoms with Crippen molar-refractivity contribution in [2.45, 2.75) is 39.2 Å². The Bertz CT molecular complexity index is 885. The quantitative estimate of drug-likeness (QED) is 0.738. The van der Waals surface area contributed by atoms with Crippen LogP contribution in [0.4, 0.5) is 23.0 Å². The third-order valence-corrected chi connectivity index (χ3v) is 6.21. The molecule has 166 valence electrons. The largest absolute Gasteiger partial charge is 0.369 e. The Hall–Kier alpha value is -2.87. The van der Waals surface area contributed by atoms with Crippen molar-refractivity contribution in [3.8, 4) is 0 Å². The first-order valence-corrected chi connectivity index (χ1v) is 11.3. The summed E-state index contributed by atoms with van der Waals surface area (Å²) in [6.07, 6.45) is 5.19. The van der Waals surface area contributed by atoms with Crippen molar-refractivity contribution in [2.24, 2.45) is 5.73 Å². The Morgan fingerprint density at radius 2 is 1.65 bits per heavy atom. The molecule has 3 heterocycles. The molecule has 2 fully saturated rings. The number of piperidine rings is 1. The highest BCUT2D eigenvalue weighted by Gasteiger charge is 2.20. The van der Waals surface area contributed by atoms with Gasteiger partial charge in [0.15, 0.2) is 11.5 Å². The van der Waals surface area contributed by atoms with Crippen LogP contribution in [0.2, 0.25) is 0 Å². The van der Waals surface area contributed by atoms with Crippen molar-refractivity contribution < 1.29 is 4.79 Å². The number of hydrogen-bond acceptors (Lipinski definition) is 7. The van der Waals surface area contributed by atoms with Crippen molar-refractivity contribution in [3.05, 3.63) is 36.2 Å². The van der Waals surface area contributed by atoms with Crippen LogP contribution in [-0.4, -0.2) is 66.1 Å². The number of nitrogens with one attached hydrogen (secondary N) is 1. The van der Waals surface area contributed by atoms with Gasteiger partial charge in [-0.25, -0.2) is 9.97 Å². The molecule has 2 aliphatic heterocycles. The van der Waals surface area contributed by atoms with E-state index in [1.54, 1.807) is 6.20 Å². The second-order valence-corrected chi connectivity index (χ2v) is 8.63. The Labute approximate surface area is 184 Å². The van der Waals surface area contributed by atoms with Crippen LogP contribution < -0.4 is 20.9 Å². The molecular weight excluding hydrogens is 390 g/mol. The molecule has 2 aliphatic rings. The molecule has 0 atom stereocenters. The lowest BCUT2D eigenvalue weighted by molar-refractivity contribution is 0.0996. The van der Waals surface area contributed by atoms with E-state index < -0.39 is 5.91 Å². The third-order valence-electron chi connectivity index (χ3n) is 6.21. The van der Waals surface area contributed by atoms with Gasteiger partial charge in [-0.3, -0.25) is 9.69 Å². The van der Waals surface area contributed by atoms with Gasteiger partial charge in [-0.1, -0.05) is 0 Å². The molecular formula is C23H33N7O. The average Bonchev–Trinajstić information content (AvgIpc) is 2.80. The summed E-state index contributed by atoms with van der Waals surface area (Å²) >= 11 is 0. The molecule has 0 bridgehead atoms. The minimum atomic E-state index is -0.583. The van der Waals surface area contributed by atoms with Gasteiger partial charge < -0.3 is 20.9 Å². The second kappa shape index (κ2) is 9.51. The van der Waals surface area contributed by atoms with E-state index in [4.69, 9.17) is 5.73 Å². The standard InChI is InChI=1S/C23H33N7O/c1-17(2)28-12-14-29(15-13-28)19-8-6-18(7-9-19)26-23-21(22(24)31)25-16-20(27-23)30-10-4-3-5-11-30/h6-9,16-17H,3-5,10-15H2,1-2H3,(H2,24,31)(H,26,27). The number of hydrogen-bond donors (Lipinski definition) is 2. The predicted octanol–water partition coefficient (Wildman–Crippen LogP) is 2.84. The highest BCUT2D eigenvalue weighted by atomic mass is 16.1. The summed E-state index contributed by atoms with van der Waals surface area (Å²) in [5, 5.41) is 3.26. The van der Waals surface area contributed by atoms with Crippen molar-refractivity contribution in [1.82, 2.24) is 14.9 Å². The summed E-state index contributed by atoms with van der Waals surface area (Å²) in [6.45, 7) is 10.6. The lowest BCUT2D eigenvalue weighted by Crippen LogP contribution is -2.48. The smallest absolute Gasteiger partial charge is 0.271 e. The summed E-state index contributed by atoms with van der Waals surface area (Å²) in [7, 11) is 0. The number of rotatable bonds is 6. The number of aromatic nitrogens is 2. The number of nitrogens with zero attached hydrogens (tertiary/aromatic N) is 5. The van der Waals surface area contributed by atoms with Gasteiger partial charge >= 0.3 is 0 Å². The molecule has 0 aliphatic carbocycles. The van der Waals surface area contributed by atoms with Crippen LogP contribution in [0.1, 0.15) is 43.6 Å². The number of benzene rings is 1. The molecule has 2 aromatic rings. The molecule has 1 aromatic carbocycles. The normalized spacial score (nSPS) is 17.8. The van der Waals surface area contributed by atoms with Crippen molar-refractivity contribution in [2.75, 3.05) is 54.4 Å². The summed E-state index contributed by atoms with van der Waals surface area (Å²) in [6, 6.07) is 8.85. The van der Waals surface area contributed by atoms with Crippen LogP contribution in [0.5, 0.6) is 0 Å². The zero-order chi connectivity index (χ0) is 21.8. The predicted molar refractivity (Wildman–Crippen MR) is 125 cm³/mol. The number of amides is 1. The molecule has 0 saturated carbocycles. The molecule has 3 N–H and O–H groups in total. The van der Waals surface area contributed by atoms with E-state index in [0.29, 0.717) is 11.9 Å². The third kappa shape index (κ3) is 5.07. The zero-order valence-corrected chi connectivity index (χ0v) is 18.5. The van der Waals surface area contributed by atoms with Crippen LogP contribution in [0.25, 0.3) is 0 Å². The van der Waals surface area contributed by atoms with Gasteiger partial charge in [-0.2, -0.15) is 0 Å². The lowest BCUT2D eigenvalue weighted by atomic mass is 10.1. The summed E-state index contributed by atoms with van der Waals surface area (Å²) in [5.41, 5.74) is 7.77. The average molecular weight is 424 g/mol. The van der Waals surface area contributed by atoms with Crippen LogP contribution in [-0.2, 0) is 0 Å². The van der Waals surface area contributed by atoms with Gasteiger partial charge in [0.05, 0.1) is 6.20 Å². The van der Waals surface area contributed by atoms with Crippen molar-refractivity contribution >= 4 is 28.9 Å². The van der Waals surface area contributed by atoms with E-state index in [9.17, 15) is 4.79 Å². The molecule has 8 nitrogen and oxygen atoms in total. The van der Waals surface area contributed by atoms with E-state index in [1.165, 1.54) is 12.1 Å². The van der Waals surface area contributed by atoms with Crippen LogP contribution in [0.15, 0.2) is 30.5 Å². The zero-order valence-electron chi connectivity index (χ0n) is 18.5. The van der Waals surface area contributed by atoms with E-state index in [-0.39, 0.29) is 5.69 Å². The lowest BCUT2D eigenvalue weighted by Gasteiger charge is -2.38. The Kier molecular flexibility index (Phi) is 6.56. The number of carbonyl (C=O) groups excluding carboxylic acids is 1. The van der Waals surface area contributed by atoms with E-state index >= 15 is 0 Å². The van der Waals surface area contributed by atoms with E-state index in [2.05, 4.69) is 56.0 Å². The highest BCUT2D eigenvalue weighted by Crippen LogP contribution is 2.25.